The lowest BCUT2D eigenvalue weighted by atomic mass is 9.97. The summed E-state index contributed by atoms with van der Waals surface area (Å²) in [6, 6.07) is 2.84. The molecule has 1 aromatic heterocycles. The Labute approximate surface area is 154 Å². The number of likely N-dealkylation sites (tertiary alicyclic amines) is 1. The SMILES string of the molecule is CC(C)(C)OC(=O)N1CCC(Cn2nnc3c(Br)cc(F)cc32)CC1. The monoisotopic (exact) mass is 412 g/mol. The number of hydrogen-bond acceptors (Lipinski definition) is 4. The highest BCUT2D eigenvalue weighted by atomic mass is 79.9. The Morgan fingerprint density at radius 1 is 1.36 bits per heavy atom. The topological polar surface area (TPSA) is 60.2 Å². The minimum Gasteiger partial charge on any atom is -0.444 e. The van der Waals surface area contributed by atoms with Gasteiger partial charge in [-0.15, -0.1) is 5.10 Å². The van der Waals surface area contributed by atoms with E-state index in [2.05, 4.69) is 26.2 Å². The van der Waals surface area contributed by atoms with Crippen LogP contribution in [0.4, 0.5) is 9.18 Å². The maximum Gasteiger partial charge on any atom is 0.410 e. The first-order valence-corrected chi connectivity index (χ1v) is 9.18. The van der Waals surface area contributed by atoms with Crippen LogP contribution in [0.1, 0.15) is 33.6 Å². The van der Waals surface area contributed by atoms with Crippen LogP contribution in [0.2, 0.25) is 0 Å². The first-order valence-electron chi connectivity index (χ1n) is 8.39. The largest absolute Gasteiger partial charge is 0.444 e. The first kappa shape index (κ1) is 18.1. The lowest BCUT2D eigenvalue weighted by Crippen LogP contribution is -2.42. The van der Waals surface area contributed by atoms with Crippen LogP contribution in [0.15, 0.2) is 16.6 Å². The summed E-state index contributed by atoms with van der Waals surface area (Å²) >= 11 is 3.32. The van der Waals surface area contributed by atoms with Gasteiger partial charge in [-0.25, -0.2) is 13.9 Å². The van der Waals surface area contributed by atoms with Gasteiger partial charge in [0, 0.05) is 25.7 Å². The number of hydrogen-bond donors (Lipinski definition) is 0. The van der Waals surface area contributed by atoms with Gasteiger partial charge in [0.25, 0.3) is 0 Å². The van der Waals surface area contributed by atoms with E-state index < -0.39 is 5.60 Å². The molecule has 136 valence electrons. The van der Waals surface area contributed by atoms with E-state index in [0.717, 1.165) is 12.8 Å². The summed E-state index contributed by atoms with van der Waals surface area (Å²) in [4.78, 5) is 13.9. The highest BCUT2D eigenvalue weighted by Crippen LogP contribution is 2.26. The van der Waals surface area contributed by atoms with Gasteiger partial charge in [0.15, 0.2) is 0 Å². The van der Waals surface area contributed by atoms with Gasteiger partial charge < -0.3 is 9.64 Å². The van der Waals surface area contributed by atoms with Crippen molar-refractivity contribution in [3.63, 3.8) is 0 Å². The number of piperidine rings is 1. The van der Waals surface area contributed by atoms with Gasteiger partial charge in [0.05, 0.1) is 9.99 Å². The summed E-state index contributed by atoms with van der Waals surface area (Å²) in [5.74, 6) is 0.0494. The van der Waals surface area contributed by atoms with Gasteiger partial charge in [-0.2, -0.15) is 0 Å². The predicted molar refractivity (Wildman–Crippen MR) is 95.7 cm³/mol. The number of nitrogens with zero attached hydrogens (tertiary/aromatic N) is 4. The lowest BCUT2D eigenvalue weighted by molar-refractivity contribution is 0.0177. The van der Waals surface area contributed by atoms with Crippen molar-refractivity contribution in [2.75, 3.05) is 13.1 Å². The third-order valence-electron chi connectivity index (χ3n) is 4.24. The molecule has 2 aromatic rings. The number of fused-ring (bicyclic) bond motifs is 1. The molecule has 3 rings (SSSR count). The maximum absolute atomic E-state index is 13.7. The van der Waals surface area contributed by atoms with Crippen molar-refractivity contribution in [3.8, 4) is 0 Å². The average Bonchev–Trinajstić information content (AvgIpc) is 2.89. The molecule has 0 spiro atoms. The Balaban J connectivity index is 1.62. The number of rotatable bonds is 2. The van der Waals surface area contributed by atoms with E-state index in [1.54, 1.807) is 9.58 Å². The molecule has 0 saturated carbocycles. The summed E-state index contributed by atoms with van der Waals surface area (Å²) in [6.07, 6.45) is 1.46. The molecule has 1 aliphatic rings. The Bertz CT molecular complexity index is 779. The van der Waals surface area contributed by atoms with E-state index >= 15 is 0 Å². The Morgan fingerprint density at radius 2 is 2.04 bits per heavy atom. The Morgan fingerprint density at radius 3 is 2.68 bits per heavy atom. The molecule has 1 fully saturated rings. The fraction of sp³-hybridized carbons (Fsp3) is 0.588. The number of benzene rings is 1. The normalized spacial score (nSPS) is 16.4. The number of aromatic nitrogens is 3. The van der Waals surface area contributed by atoms with Gasteiger partial charge >= 0.3 is 6.09 Å². The highest BCUT2D eigenvalue weighted by Gasteiger charge is 2.27. The minimum absolute atomic E-state index is 0.261. The van der Waals surface area contributed by atoms with Crippen molar-refractivity contribution in [2.45, 2.75) is 45.8 Å². The van der Waals surface area contributed by atoms with Gasteiger partial charge in [0.1, 0.15) is 16.9 Å². The van der Waals surface area contributed by atoms with Crippen LogP contribution in [-0.2, 0) is 11.3 Å². The molecule has 25 heavy (non-hydrogen) atoms. The van der Waals surface area contributed by atoms with Gasteiger partial charge in [-0.1, -0.05) is 5.21 Å². The minimum atomic E-state index is -0.481. The van der Waals surface area contributed by atoms with Gasteiger partial charge in [-0.3, -0.25) is 0 Å². The number of halogens is 2. The van der Waals surface area contributed by atoms with Crippen LogP contribution >= 0.6 is 15.9 Å². The second-order valence-electron chi connectivity index (χ2n) is 7.44. The van der Waals surface area contributed by atoms with Crippen LogP contribution in [0.3, 0.4) is 0 Å². The van der Waals surface area contributed by atoms with Crippen molar-refractivity contribution in [2.24, 2.45) is 5.92 Å². The van der Waals surface area contributed by atoms with E-state index in [9.17, 15) is 9.18 Å². The molecule has 8 heteroatoms. The summed E-state index contributed by atoms with van der Waals surface area (Å²) in [7, 11) is 0. The van der Waals surface area contributed by atoms with Gasteiger partial charge in [-0.05, 0) is 61.5 Å². The Kier molecular flexibility index (Phi) is 4.99. The van der Waals surface area contributed by atoms with Crippen LogP contribution in [0, 0.1) is 11.7 Å². The zero-order chi connectivity index (χ0) is 18.2. The number of ether oxygens (including phenoxy) is 1. The van der Waals surface area contributed by atoms with Crippen molar-refractivity contribution < 1.29 is 13.9 Å². The summed E-state index contributed by atoms with van der Waals surface area (Å²) < 4.78 is 21.4. The second kappa shape index (κ2) is 6.90. The third kappa shape index (κ3) is 4.29. The summed E-state index contributed by atoms with van der Waals surface area (Å²) in [5, 5.41) is 8.28. The molecule has 6 nitrogen and oxygen atoms in total. The molecular formula is C17H22BrFN4O2. The predicted octanol–water partition coefficient (Wildman–Crippen LogP) is 3.98. The van der Waals surface area contributed by atoms with Crippen molar-refractivity contribution in [1.29, 1.82) is 0 Å². The molecule has 0 unspecified atom stereocenters. The van der Waals surface area contributed by atoms with Crippen LogP contribution in [-0.4, -0.2) is 44.7 Å². The molecule has 1 amide bonds. The van der Waals surface area contributed by atoms with Gasteiger partial charge in [0.2, 0.25) is 0 Å². The van der Waals surface area contributed by atoms with E-state index in [-0.39, 0.29) is 11.9 Å². The molecule has 1 aliphatic heterocycles. The number of carbonyl (C=O) groups is 1. The fourth-order valence-corrected chi connectivity index (χ4v) is 3.50. The first-order chi connectivity index (χ1) is 11.7. The van der Waals surface area contributed by atoms with Crippen molar-refractivity contribution in [3.05, 3.63) is 22.4 Å². The second-order valence-corrected chi connectivity index (χ2v) is 8.29. The number of carbonyl (C=O) groups excluding carboxylic acids is 1. The zero-order valence-corrected chi connectivity index (χ0v) is 16.2. The number of amides is 1. The molecule has 0 aliphatic carbocycles. The molecule has 0 N–H and O–H groups in total. The van der Waals surface area contributed by atoms with E-state index in [4.69, 9.17) is 4.74 Å². The quantitative estimate of drug-likeness (QED) is 0.748. The van der Waals surface area contributed by atoms with Crippen molar-refractivity contribution in [1.82, 2.24) is 19.9 Å². The van der Waals surface area contributed by atoms with Crippen LogP contribution in [0.5, 0.6) is 0 Å². The molecule has 2 heterocycles. The standard InChI is InChI=1S/C17H22BrFN4O2/c1-17(2,3)25-16(24)22-6-4-11(5-7-22)10-23-14-9-12(19)8-13(18)15(14)20-21-23/h8-9,11H,4-7,10H2,1-3H3. The van der Waals surface area contributed by atoms with E-state index in [1.807, 2.05) is 20.8 Å². The smallest absolute Gasteiger partial charge is 0.410 e. The molecule has 1 saturated heterocycles. The highest BCUT2D eigenvalue weighted by molar-refractivity contribution is 9.10. The van der Waals surface area contributed by atoms with Crippen LogP contribution < -0.4 is 0 Å². The lowest BCUT2D eigenvalue weighted by Gasteiger charge is -2.33. The van der Waals surface area contributed by atoms with Crippen LogP contribution in [0.25, 0.3) is 11.0 Å². The molecular weight excluding hydrogens is 391 g/mol. The summed E-state index contributed by atoms with van der Waals surface area (Å²) in [6.45, 7) is 7.57. The molecule has 0 radical (unpaired) electrons. The maximum atomic E-state index is 13.7. The third-order valence-corrected chi connectivity index (χ3v) is 4.84. The molecule has 0 atom stereocenters. The molecule has 1 aromatic carbocycles. The van der Waals surface area contributed by atoms with E-state index in [1.165, 1.54) is 12.1 Å². The van der Waals surface area contributed by atoms with E-state index in [0.29, 0.717) is 41.1 Å². The Hall–Kier alpha value is -1.70. The fourth-order valence-electron chi connectivity index (χ4n) is 3.00. The zero-order valence-electron chi connectivity index (χ0n) is 14.6. The molecule has 0 bridgehead atoms. The average molecular weight is 413 g/mol. The van der Waals surface area contributed by atoms with Crippen molar-refractivity contribution >= 4 is 33.1 Å². The summed E-state index contributed by atoms with van der Waals surface area (Å²) in [5.41, 5.74) is 0.861.